The minimum atomic E-state index is -0.844. The molecule has 0 amide bonds. The van der Waals surface area contributed by atoms with Crippen molar-refractivity contribution in [3.05, 3.63) is 51.5 Å². The molecule has 1 aromatic carbocycles. The van der Waals surface area contributed by atoms with Crippen molar-refractivity contribution in [2.45, 2.75) is 12.6 Å². The molecule has 0 fully saturated rings. The number of aromatic nitrogens is 2. The molecule has 0 saturated carbocycles. The predicted molar refractivity (Wildman–Crippen MR) is 74.8 cm³/mol. The van der Waals surface area contributed by atoms with Crippen molar-refractivity contribution in [2.75, 3.05) is 11.9 Å². The number of hydrogen-bond acceptors (Lipinski definition) is 5. The molecule has 2 rings (SSSR count). The van der Waals surface area contributed by atoms with Crippen molar-refractivity contribution in [1.29, 1.82) is 0 Å². The van der Waals surface area contributed by atoms with E-state index in [0.29, 0.717) is 5.69 Å². The third-order valence-corrected chi connectivity index (χ3v) is 3.00. The molecule has 0 radical (unpaired) electrons. The molecule has 2 aromatic rings. The molecule has 0 saturated heterocycles. The maximum atomic E-state index is 13.2. The average molecular weight is 315 g/mol. The van der Waals surface area contributed by atoms with E-state index in [1.54, 1.807) is 6.07 Å². The van der Waals surface area contributed by atoms with Crippen LogP contribution < -0.4 is 5.32 Å². The van der Waals surface area contributed by atoms with Gasteiger partial charge in [0.2, 0.25) is 0 Å². The molecule has 1 heterocycles. The maximum Gasteiger partial charge on any atom is 0.306 e. The Morgan fingerprint density at radius 3 is 2.95 bits per heavy atom. The lowest BCUT2D eigenvalue weighted by Gasteiger charge is -2.13. The summed E-state index contributed by atoms with van der Waals surface area (Å²) in [4.78, 5) is 9.94. The molecule has 9 heteroatoms. The number of rotatable bonds is 6. The van der Waals surface area contributed by atoms with Crippen LogP contribution in [-0.2, 0) is 6.54 Å². The summed E-state index contributed by atoms with van der Waals surface area (Å²) in [6, 6.07) is 4.20. The fourth-order valence-electron chi connectivity index (χ4n) is 1.67. The highest BCUT2D eigenvalue weighted by molar-refractivity contribution is 6.30. The molecule has 0 spiro atoms. The minimum absolute atomic E-state index is 0.0185. The molecule has 21 heavy (non-hydrogen) atoms. The minimum Gasteiger partial charge on any atom is -0.389 e. The Hall–Kier alpha value is -2.19. The van der Waals surface area contributed by atoms with Crippen molar-refractivity contribution in [1.82, 2.24) is 9.78 Å². The average Bonchev–Trinajstić information content (AvgIpc) is 2.89. The van der Waals surface area contributed by atoms with Crippen LogP contribution >= 0.6 is 11.6 Å². The summed E-state index contributed by atoms with van der Waals surface area (Å²) < 4.78 is 14.5. The normalized spacial score (nSPS) is 12.1. The van der Waals surface area contributed by atoms with Gasteiger partial charge >= 0.3 is 5.69 Å². The van der Waals surface area contributed by atoms with E-state index in [-0.39, 0.29) is 23.8 Å². The molecule has 0 aliphatic rings. The van der Waals surface area contributed by atoms with Gasteiger partial charge < -0.3 is 10.4 Å². The lowest BCUT2D eigenvalue weighted by atomic mass is 10.3. The van der Waals surface area contributed by atoms with E-state index < -0.39 is 16.8 Å². The zero-order valence-corrected chi connectivity index (χ0v) is 11.5. The van der Waals surface area contributed by atoms with Crippen LogP contribution in [0.15, 0.2) is 30.6 Å². The molecule has 7 nitrogen and oxygen atoms in total. The van der Waals surface area contributed by atoms with Gasteiger partial charge in [-0.1, -0.05) is 11.6 Å². The highest BCUT2D eigenvalue weighted by Crippen LogP contribution is 2.18. The Morgan fingerprint density at radius 2 is 2.33 bits per heavy atom. The van der Waals surface area contributed by atoms with E-state index in [0.717, 1.165) is 6.20 Å². The second-order valence-electron chi connectivity index (χ2n) is 4.34. The van der Waals surface area contributed by atoms with Gasteiger partial charge in [0, 0.05) is 12.2 Å². The standard InChI is InChI=1S/C12H12ClFN4O3/c13-11-2-1-8(3-12(11)14)15-5-10(19)7-17-6-9(4-16-17)18(20)21/h1-4,6,10,15,19H,5,7H2. The Balaban J connectivity index is 1.87. The lowest BCUT2D eigenvalue weighted by molar-refractivity contribution is -0.385. The quantitative estimate of drug-likeness (QED) is 0.629. The van der Waals surface area contributed by atoms with Gasteiger partial charge in [0.25, 0.3) is 0 Å². The number of nitro groups is 1. The van der Waals surface area contributed by atoms with Crippen LogP contribution in [0.3, 0.4) is 0 Å². The first-order chi connectivity index (χ1) is 9.95. The van der Waals surface area contributed by atoms with E-state index in [1.807, 2.05) is 0 Å². The fourth-order valence-corrected chi connectivity index (χ4v) is 1.79. The van der Waals surface area contributed by atoms with Gasteiger partial charge in [-0.3, -0.25) is 14.8 Å². The Labute approximate surface area is 124 Å². The van der Waals surface area contributed by atoms with E-state index >= 15 is 0 Å². The molecular formula is C12H12ClFN4O3. The second-order valence-corrected chi connectivity index (χ2v) is 4.75. The third-order valence-electron chi connectivity index (χ3n) is 2.69. The van der Waals surface area contributed by atoms with Gasteiger partial charge in [0.05, 0.1) is 22.6 Å². The number of benzene rings is 1. The smallest absolute Gasteiger partial charge is 0.306 e. The summed E-state index contributed by atoms with van der Waals surface area (Å²) in [5, 5.41) is 26.9. The second kappa shape index (κ2) is 6.51. The van der Waals surface area contributed by atoms with Crippen LogP contribution in [0.2, 0.25) is 5.02 Å². The van der Waals surface area contributed by atoms with E-state index in [9.17, 15) is 19.6 Å². The van der Waals surface area contributed by atoms with Gasteiger partial charge in [-0.25, -0.2) is 4.39 Å². The molecule has 112 valence electrons. The monoisotopic (exact) mass is 314 g/mol. The van der Waals surface area contributed by atoms with Crippen LogP contribution in [0.5, 0.6) is 0 Å². The van der Waals surface area contributed by atoms with E-state index in [4.69, 9.17) is 11.6 Å². The van der Waals surface area contributed by atoms with Crippen molar-refractivity contribution >= 4 is 23.0 Å². The molecule has 0 bridgehead atoms. The molecule has 1 atom stereocenters. The number of aliphatic hydroxyl groups is 1. The largest absolute Gasteiger partial charge is 0.389 e. The summed E-state index contributed by atoms with van der Waals surface area (Å²) in [7, 11) is 0. The topological polar surface area (TPSA) is 93.2 Å². The van der Waals surface area contributed by atoms with Gasteiger partial charge in [0.15, 0.2) is 0 Å². The maximum absolute atomic E-state index is 13.2. The predicted octanol–water partition coefficient (Wildman–Crippen LogP) is 2.06. The van der Waals surface area contributed by atoms with Gasteiger partial charge in [0.1, 0.15) is 18.2 Å². The molecule has 1 unspecified atom stereocenters. The third kappa shape index (κ3) is 4.14. The number of nitrogens with zero attached hydrogens (tertiary/aromatic N) is 3. The van der Waals surface area contributed by atoms with Crippen molar-refractivity contribution < 1.29 is 14.4 Å². The van der Waals surface area contributed by atoms with Crippen LogP contribution in [0.25, 0.3) is 0 Å². The summed E-state index contributed by atoms with van der Waals surface area (Å²) in [5.41, 5.74) is 0.331. The van der Waals surface area contributed by atoms with Crippen molar-refractivity contribution in [3.8, 4) is 0 Å². The number of aliphatic hydroxyl groups excluding tert-OH is 1. The molecule has 2 N–H and O–H groups in total. The SMILES string of the molecule is O=[N+]([O-])c1cnn(CC(O)CNc2ccc(Cl)c(F)c2)c1. The van der Waals surface area contributed by atoms with Crippen LogP contribution in [-0.4, -0.2) is 32.5 Å². The molecular weight excluding hydrogens is 303 g/mol. The number of halogens is 2. The van der Waals surface area contributed by atoms with Crippen molar-refractivity contribution in [2.24, 2.45) is 0 Å². The van der Waals surface area contributed by atoms with Crippen LogP contribution in [0.4, 0.5) is 15.8 Å². The van der Waals surface area contributed by atoms with E-state index in [2.05, 4.69) is 10.4 Å². The lowest BCUT2D eigenvalue weighted by Crippen LogP contribution is -2.25. The van der Waals surface area contributed by atoms with Crippen molar-refractivity contribution in [3.63, 3.8) is 0 Å². The van der Waals surface area contributed by atoms with E-state index in [1.165, 1.54) is 23.0 Å². The molecule has 0 aliphatic heterocycles. The Kier molecular flexibility index (Phi) is 4.71. The first-order valence-corrected chi connectivity index (χ1v) is 6.37. The zero-order chi connectivity index (χ0) is 15.4. The molecule has 1 aromatic heterocycles. The Bertz CT molecular complexity index is 649. The van der Waals surface area contributed by atoms with Crippen LogP contribution in [0, 0.1) is 15.9 Å². The van der Waals surface area contributed by atoms with Gasteiger partial charge in [-0.2, -0.15) is 5.10 Å². The summed E-state index contributed by atoms with van der Waals surface area (Å²) in [6.45, 7) is 0.214. The number of nitrogens with one attached hydrogen (secondary N) is 1. The fraction of sp³-hybridized carbons (Fsp3) is 0.250. The number of hydrogen-bond donors (Lipinski definition) is 2. The number of anilines is 1. The van der Waals surface area contributed by atoms with Gasteiger partial charge in [-0.05, 0) is 18.2 Å². The van der Waals surface area contributed by atoms with Crippen LogP contribution in [0.1, 0.15) is 0 Å². The first-order valence-electron chi connectivity index (χ1n) is 5.99. The summed E-state index contributed by atoms with van der Waals surface area (Å²) in [6.07, 6.45) is 1.49. The zero-order valence-electron chi connectivity index (χ0n) is 10.7. The highest BCUT2D eigenvalue weighted by Gasteiger charge is 2.12. The highest BCUT2D eigenvalue weighted by atomic mass is 35.5. The van der Waals surface area contributed by atoms with Gasteiger partial charge in [-0.15, -0.1) is 0 Å². The summed E-state index contributed by atoms with van der Waals surface area (Å²) in [5.74, 6) is -0.557. The summed E-state index contributed by atoms with van der Waals surface area (Å²) >= 11 is 5.56. The first kappa shape index (κ1) is 15.2. The Morgan fingerprint density at radius 1 is 1.57 bits per heavy atom. The molecule has 0 aliphatic carbocycles.